The minimum Gasteiger partial charge on any atom is -0.379 e. The maximum Gasteiger partial charge on any atom is 0.312 e. The lowest BCUT2D eigenvalue weighted by atomic mass is 9.89. The fourth-order valence-corrected chi connectivity index (χ4v) is 10.6. The lowest BCUT2D eigenvalue weighted by Crippen LogP contribution is -2.59. The van der Waals surface area contributed by atoms with Crippen LogP contribution in [0.1, 0.15) is 112 Å². The molecule has 448 valence electrons. The fourth-order valence-electron chi connectivity index (χ4n) is 10.6. The quantitative estimate of drug-likeness (QED) is 0.0477. The number of ether oxygens (including phenoxy) is 2. The van der Waals surface area contributed by atoms with Crippen LogP contribution < -0.4 is 43.4 Å². The maximum atomic E-state index is 14.5. The first kappa shape index (κ1) is 68.1. The van der Waals surface area contributed by atoms with Gasteiger partial charge in [0.25, 0.3) is 0 Å². The number of hydrogen-bond donors (Lipinski definition) is 8. The van der Waals surface area contributed by atoms with Gasteiger partial charge >= 0.3 is 6.03 Å². The molecule has 2 aromatic rings. The molecule has 2 aromatic carbocycles. The first-order valence-electron chi connectivity index (χ1n) is 28.5. The molecule has 1 heterocycles. The van der Waals surface area contributed by atoms with E-state index >= 15 is 0 Å². The summed E-state index contributed by atoms with van der Waals surface area (Å²) >= 11 is 0. The minimum absolute atomic E-state index is 0.00958. The number of nitrogens with one attached hydrogen (secondary N) is 6. The van der Waals surface area contributed by atoms with Crippen molar-refractivity contribution >= 4 is 53.1 Å². The molecule has 0 saturated carbocycles. The topological polar surface area (TPSA) is 289 Å². The smallest absolute Gasteiger partial charge is 0.312 e. The van der Waals surface area contributed by atoms with Gasteiger partial charge in [0.1, 0.15) is 18.1 Å². The van der Waals surface area contributed by atoms with Crippen LogP contribution in [0.4, 0.5) is 10.5 Å². The molecule has 11 atom stereocenters. The molecule has 9 amide bonds. The third-order valence-electron chi connectivity index (χ3n) is 15.4. The number of rotatable bonds is 33. The van der Waals surface area contributed by atoms with Gasteiger partial charge in [0.2, 0.25) is 41.4 Å². The number of nitrogens with two attached hydrogens (primary N) is 2. The highest BCUT2D eigenvalue weighted by molar-refractivity contribution is 5.98. The Morgan fingerprint density at radius 1 is 0.713 bits per heavy atom. The van der Waals surface area contributed by atoms with Crippen LogP contribution >= 0.6 is 0 Å². The van der Waals surface area contributed by atoms with Gasteiger partial charge in [-0.1, -0.05) is 111 Å². The van der Waals surface area contributed by atoms with Crippen molar-refractivity contribution in [3.8, 4) is 0 Å². The van der Waals surface area contributed by atoms with Crippen molar-refractivity contribution in [2.75, 3.05) is 60.3 Å². The molecule has 10 N–H and O–H groups in total. The number of primary amides is 1. The number of hydrogen-bond acceptors (Lipinski definition) is 12. The van der Waals surface area contributed by atoms with Crippen LogP contribution in [0.15, 0.2) is 54.6 Å². The monoisotopic (exact) mass is 1120 g/mol. The Labute approximate surface area is 475 Å². The number of carbonyl (C=O) groups is 8. The lowest BCUT2D eigenvalue weighted by molar-refractivity contribution is -0.148. The van der Waals surface area contributed by atoms with Crippen molar-refractivity contribution in [2.45, 2.75) is 168 Å². The van der Waals surface area contributed by atoms with Gasteiger partial charge in [-0.05, 0) is 93.1 Å². The zero-order chi connectivity index (χ0) is 60.0. The van der Waals surface area contributed by atoms with Crippen molar-refractivity contribution in [3.05, 3.63) is 65.7 Å². The number of likely N-dealkylation sites (tertiary alicyclic amines) is 1. The third kappa shape index (κ3) is 20.4. The molecule has 0 bridgehead atoms. The standard InChI is InChI=1S/C59H97N11O10/c1-15-38(8)51(69(12)58(77)49(36(4)5)67-57(76)50(37(6)7)68(10)11)46(79-13)34-47(71)70-32-20-24-45(70)52(80-14)39(9)53(72)66-44(33-41-21-17-16-18-22-41)54(73)62-31-29-40-25-27-42(28-26-40)64-55(74)43(23-19-30-63-59(61)78)65-56(75)48(60)35(2)3/h16-18,21-22,25-28,35-39,43-46,48-52H,15,19-20,23-24,29-34,60H2,1-14H3,(H,62,73)(H,64,74)(H,65,75)(H,66,72)(H,67,76)(H3,61,63,78)/t38-,39?,43?,44-,45-,46?,48+,49-,50?,51?,52?/m0/s1. The minimum atomic E-state index is -0.952. The van der Waals surface area contributed by atoms with E-state index in [2.05, 4.69) is 31.9 Å². The second-order valence-electron chi connectivity index (χ2n) is 22.7. The molecule has 21 heteroatoms. The molecule has 80 heavy (non-hydrogen) atoms. The van der Waals surface area contributed by atoms with E-state index in [0.717, 1.165) is 11.1 Å². The summed E-state index contributed by atoms with van der Waals surface area (Å²) in [5.74, 6) is -3.66. The number of carbonyl (C=O) groups excluding carboxylic acids is 8. The van der Waals surface area contributed by atoms with Gasteiger partial charge in [-0.15, -0.1) is 0 Å². The van der Waals surface area contributed by atoms with Crippen LogP contribution in [0, 0.1) is 29.6 Å². The van der Waals surface area contributed by atoms with Crippen LogP contribution in [0.2, 0.25) is 0 Å². The van der Waals surface area contributed by atoms with E-state index in [1.54, 1.807) is 56.9 Å². The summed E-state index contributed by atoms with van der Waals surface area (Å²) in [6, 6.07) is 10.8. The molecule has 1 fully saturated rings. The van der Waals surface area contributed by atoms with E-state index in [1.807, 2.05) is 103 Å². The van der Waals surface area contributed by atoms with Gasteiger partial charge in [0.05, 0.1) is 48.7 Å². The highest BCUT2D eigenvalue weighted by atomic mass is 16.5. The van der Waals surface area contributed by atoms with E-state index < -0.39 is 84.2 Å². The molecule has 0 aromatic heterocycles. The number of anilines is 1. The Kier molecular flexibility index (Phi) is 28.6. The summed E-state index contributed by atoms with van der Waals surface area (Å²) < 4.78 is 12.2. The number of nitrogens with zero attached hydrogens (tertiary/aromatic N) is 3. The summed E-state index contributed by atoms with van der Waals surface area (Å²) in [7, 11) is 8.46. The van der Waals surface area contributed by atoms with Gasteiger partial charge in [0, 0.05) is 53.0 Å². The first-order valence-corrected chi connectivity index (χ1v) is 28.5. The Morgan fingerprint density at radius 2 is 1.35 bits per heavy atom. The van der Waals surface area contributed by atoms with Gasteiger partial charge < -0.3 is 62.6 Å². The van der Waals surface area contributed by atoms with Gasteiger partial charge in [-0.25, -0.2) is 4.79 Å². The maximum absolute atomic E-state index is 14.5. The summed E-state index contributed by atoms with van der Waals surface area (Å²) in [5.41, 5.74) is 13.4. The molecule has 3 rings (SSSR count). The van der Waals surface area contributed by atoms with Crippen molar-refractivity contribution in [1.29, 1.82) is 0 Å². The van der Waals surface area contributed by atoms with Gasteiger partial charge in [-0.2, -0.15) is 0 Å². The number of benzene rings is 2. The van der Waals surface area contributed by atoms with E-state index in [9.17, 15) is 38.4 Å². The molecule has 1 aliphatic rings. The van der Waals surface area contributed by atoms with Gasteiger partial charge in [-0.3, -0.25) is 38.5 Å². The molecular weight excluding hydrogens is 1020 g/mol. The van der Waals surface area contributed by atoms with Crippen LogP contribution in [-0.4, -0.2) is 172 Å². The highest BCUT2D eigenvalue weighted by Gasteiger charge is 2.44. The molecule has 0 spiro atoms. The Hall–Kier alpha value is -6.16. The van der Waals surface area contributed by atoms with E-state index in [0.29, 0.717) is 44.3 Å². The van der Waals surface area contributed by atoms with E-state index in [4.69, 9.17) is 20.9 Å². The molecule has 0 radical (unpaired) electrons. The van der Waals surface area contributed by atoms with Crippen molar-refractivity contribution < 1.29 is 47.8 Å². The SMILES string of the molecule is CC[C@H](C)C(C(CC(=O)N1CCC[C@H]1C(OC)C(C)C(=O)N[C@@H](Cc1ccccc1)C(=O)NCCc1ccc(NC(=O)C(CCCNC(N)=O)NC(=O)[C@H](N)C(C)C)cc1)OC)N(C)C(=O)[C@@H](NC(=O)C(C(C)C)N(C)C)C(C)C. The highest BCUT2D eigenvalue weighted by Crippen LogP contribution is 2.30. The van der Waals surface area contributed by atoms with Crippen LogP contribution in [-0.2, 0) is 55.9 Å². The van der Waals surface area contributed by atoms with E-state index in [-0.39, 0.29) is 79.7 Å². The van der Waals surface area contributed by atoms with Crippen LogP contribution in [0.3, 0.4) is 0 Å². The summed E-state index contributed by atoms with van der Waals surface area (Å²) in [6.45, 7) is 18.0. The average Bonchev–Trinajstić information content (AvgIpc) is 3.90. The zero-order valence-corrected chi connectivity index (χ0v) is 50.1. The summed E-state index contributed by atoms with van der Waals surface area (Å²) in [5, 5.41) is 17.1. The lowest BCUT2D eigenvalue weighted by Gasteiger charge is -2.41. The fraction of sp³-hybridized carbons (Fsp3) is 0.661. The average molecular weight is 1120 g/mol. The molecule has 1 aliphatic heterocycles. The molecule has 1 saturated heterocycles. The van der Waals surface area contributed by atoms with Crippen LogP contribution in [0.5, 0.6) is 0 Å². The van der Waals surface area contributed by atoms with Crippen molar-refractivity contribution in [1.82, 2.24) is 41.3 Å². The Balaban J connectivity index is 1.73. The summed E-state index contributed by atoms with van der Waals surface area (Å²) in [4.78, 5) is 114. The van der Waals surface area contributed by atoms with Crippen molar-refractivity contribution in [2.24, 2.45) is 41.1 Å². The van der Waals surface area contributed by atoms with Crippen LogP contribution in [0.25, 0.3) is 0 Å². The second kappa shape index (κ2) is 33.6. The normalized spacial score (nSPS) is 17.3. The first-order chi connectivity index (χ1) is 37.8. The predicted octanol–water partition coefficient (Wildman–Crippen LogP) is 3.58. The number of likely N-dealkylation sites (N-methyl/N-ethyl adjacent to an activating group) is 2. The zero-order valence-electron chi connectivity index (χ0n) is 50.1. The number of amides is 9. The van der Waals surface area contributed by atoms with Crippen molar-refractivity contribution in [3.63, 3.8) is 0 Å². The van der Waals surface area contributed by atoms with Gasteiger partial charge in [0.15, 0.2) is 0 Å². The molecule has 21 nitrogen and oxygen atoms in total. The number of urea groups is 1. The third-order valence-corrected chi connectivity index (χ3v) is 15.4. The Morgan fingerprint density at radius 3 is 1.90 bits per heavy atom. The Bertz CT molecular complexity index is 2290. The largest absolute Gasteiger partial charge is 0.379 e. The molecular formula is C59H97N11O10. The predicted molar refractivity (Wildman–Crippen MR) is 311 cm³/mol. The summed E-state index contributed by atoms with van der Waals surface area (Å²) in [6.07, 6.45) is 1.73. The molecule has 0 aliphatic carbocycles. The molecule has 6 unspecified atom stereocenters. The van der Waals surface area contributed by atoms with E-state index in [1.165, 1.54) is 7.11 Å². The number of methoxy groups -OCH3 is 2. The second-order valence-corrected chi connectivity index (χ2v) is 22.7.